The summed E-state index contributed by atoms with van der Waals surface area (Å²) in [4.78, 5) is 21.6. The van der Waals surface area contributed by atoms with E-state index in [1.165, 1.54) is 0 Å². The fourth-order valence-corrected chi connectivity index (χ4v) is 0. The van der Waals surface area contributed by atoms with Crippen LogP contribution in [0, 0.1) is 0 Å². The van der Waals surface area contributed by atoms with Crippen LogP contribution >= 0.6 is 7.82 Å². The van der Waals surface area contributed by atoms with E-state index in [0.29, 0.717) is 0 Å². The molecule has 0 aliphatic carbocycles. The fraction of sp³-hybridized carbons (Fsp3) is 0. The Bertz CT molecular complexity index is 89.8. The Morgan fingerprint density at radius 2 is 0.917 bits per heavy atom. The minimum absolute atomic E-state index is 0. The van der Waals surface area contributed by atoms with Gasteiger partial charge in [-0.2, -0.15) is 0 Å². The first-order valence-electron chi connectivity index (χ1n) is 1.49. The van der Waals surface area contributed by atoms with Crippen molar-refractivity contribution < 1.29 is 34.3 Å². The second-order valence-corrected chi connectivity index (χ2v) is 1.83. The van der Waals surface area contributed by atoms with Crippen molar-refractivity contribution in [1.82, 2.24) is 18.5 Å². The van der Waals surface area contributed by atoms with E-state index in [0.717, 1.165) is 0 Å². The third kappa shape index (κ3) is 187000. The molecule has 0 unspecified atom stereocenters. The Morgan fingerprint density at radius 1 is 0.917 bits per heavy atom. The van der Waals surface area contributed by atoms with Gasteiger partial charge in [-0.3, -0.25) is 7.32 Å². The van der Waals surface area contributed by atoms with Crippen molar-refractivity contribution in [1.29, 1.82) is 0 Å². The van der Waals surface area contributed by atoms with E-state index in [-0.39, 0.29) is 18.5 Å². The SMILES string of the molecule is O=P(O)(O)O.[NH4+].[NH4+].[NH4+].[O-]B([O-])[O-]. The Hall–Kier alpha value is -0.0651. The van der Waals surface area contributed by atoms with E-state index < -0.39 is 15.1 Å². The lowest BCUT2D eigenvalue weighted by atomic mass is 10.3. The number of quaternary nitrogens is 3. The summed E-state index contributed by atoms with van der Waals surface area (Å²) in [7, 11) is -7.56. The van der Waals surface area contributed by atoms with Crippen LogP contribution in [0.15, 0.2) is 0 Å². The topological polar surface area (TPSA) is 256 Å². The highest BCUT2D eigenvalue weighted by Gasteiger charge is 2.00. The molecule has 0 saturated heterocycles. The number of rotatable bonds is 0. The van der Waals surface area contributed by atoms with Crippen molar-refractivity contribution in [2.45, 2.75) is 0 Å². The molecule has 0 atom stereocenters. The highest BCUT2D eigenvalue weighted by atomic mass is 31.2. The third-order valence-corrected chi connectivity index (χ3v) is 0. The molecule has 15 N–H and O–H groups in total. The van der Waals surface area contributed by atoms with E-state index in [1.807, 2.05) is 0 Å². The van der Waals surface area contributed by atoms with Crippen LogP contribution in [0.3, 0.4) is 0 Å². The van der Waals surface area contributed by atoms with Gasteiger partial charge in [0, 0.05) is 0 Å². The average Bonchev–Trinajstić information content (AvgIpc) is 1.19. The van der Waals surface area contributed by atoms with E-state index in [1.54, 1.807) is 0 Å². The number of phosphoric acid groups is 1. The molecule has 0 fully saturated rings. The summed E-state index contributed by atoms with van der Waals surface area (Å²) < 4.78 is 8.88. The quantitative estimate of drug-likeness (QED) is 0.172. The molecule has 0 aliphatic rings. The van der Waals surface area contributed by atoms with Gasteiger partial charge in [-0.25, -0.2) is 4.57 Å². The zero-order chi connectivity index (χ0) is 8.08. The van der Waals surface area contributed by atoms with Gasteiger partial charge in [-0.15, -0.1) is 0 Å². The maximum Gasteiger partial charge on any atom is 0.466 e. The molecule has 0 rings (SSSR count). The van der Waals surface area contributed by atoms with Crippen molar-refractivity contribution in [3.63, 3.8) is 0 Å². The van der Waals surface area contributed by atoms with Gasteiger partial charge >= 0.3 is 7.82 Å². The smallest absolute Gasteiger partial charge is 0.466 e. The summed E-state index contributed by atoms with van der Waals surface area (Å²) >= 11 is 0. The molecule has 0 amide bonds. The minimum atomic E-state index is -4.64. The average molecular weight is 211 g/mol. The Kier molecular flexibility index (Phi) is 33.4. The number of hydrogen-bond donors (Lipinski definition) is 6. The minimum Gasteiger partial charge on any atom is -0.907 e. The molecule has 0 radical (unpaired) electrons. The van der Waals surface area contributed by atoms with Gasteiger partial charge in [-0.05, 0) is 0 Å². The Balaban J connectivity index is -0.0000000221. The monoisotopic (exact) mass is 211 g/mol. The molecule has 0 bridgehead atoms. The van der Waals surface area contributed by atoms with Crippen LogP contribution in [-0.2, 0) is 4.57 Å². The van der Waals surface area contributed by atoms with Gasteiger partial charge in [-0.1, -0.05) is 0 Å². The highest BCUT2D eigenvalue weighted by molar-refractivity contribution is 7.45. The van der Waals surface area contributed by atoms with Crippen LogP contribution in [0.4, 0.5) is 0 Å². The predicted molar refractivity (Wildman–Crippen MR) is 38.0 cm³/mol. The zero-order valence-electron chi connectivity index (χ0n) is 7.00. The second kappa shape index (κ2) is 13.5. The maximum atomic E-state index is 8.88. The first kappa shape index (κ1) is 29.7. The first-order chi connectivity index (χ1) is 3.73. The van der Waals surface area contributed by atoms with Gasteiger partial charge < -0.3 is 48.2 Å². The molecule has 12 heteroatoms. The van der Waals surface area contributed by atoms with E-state index in [4.69, 9.17) is 34.3 Å². The van der Waals surface area contributed by atoms with Crippen molar-refractivity contribution in [3.8, 4) is 0 Å². The maximum absolute atomic E-state index is 8.88. The Labute approximate surface area is 69.0 Å². The summed E-state index contributed by atoms with van der Waals surface area (Å²) in [5.74, 6) is 0. The largest absolute Gasteiger partial charge is 0.907 e. The predicted octanol–water partition coefficient (Wildman–Crippen LogP) is -3.75. The summed E-state index contributed by atoms with van der Waals surface area (Å²) in [6, 6.07) is 0. The van der Waals surface area contributed by atoms with E-state index >= 15 is 0 Å². The van der Waals surface area contributed by atoms with Crippen LogP contribution < -0.4 is 33.5 Å². The van der Waals surface area contributed by atoms with Crippen LogP contribution in [-0.4, -0.2) is 22.0 Å². The lowest BCUT2D eigenvalue weighted by molar-refractivity contribution is -0.479. The molecule has 0 spiro atoms. The van der Waals surface area contributed by atoms with Gasteiger partial charge in [0.05, 0.1) is 0 Å². The Morgan fingerprint density at radius 3 is 0.917 bits per heavy atom. The van der Waals surface area contributed by atoms with E-state index in [2.05, 4.69) is 0 Å². The highest BCUT2D eigenvalue weighted by Crippen LogP contribution is 2.25. The van der Waals surface area contributed by atoms with Crippen molar-refractivity contribution >= 4 is 15.1 Å². The molecule has 0 aliphatic heterocycles. The van der Waals surface area contributed by atoms with Gasteiger partial charge in [0.2, 0.25) is 0 Å². The van der Waals surface area contributed by atoms with Gasteiger partial charge in [0.25, 0.3) is 0 Å². The van der Waals surface area contributed by atoms with E-state index in [9.17, 15) is 0 Å². The van der Waals surface area contributed by atoms with Gasteiger partial charge in [0.1, 0.15) is 0 Å². The molecule has 0 aromatic heterocycles. The van der Waals surface area contributed by atoms with Crippen LogP contribution in [0.2, 0.25) is 0 Å². The van der Waals surface area contributed by atoms with Crippen molar-refractivity contribution in [3.05, 3.63) is 0 Å². The number of hydrogen-bond acceptors (Lipinski definition) is 4. The third-order valence-electron chi connectivity index (χ3n) is 0. The van der Waals surface area contributed by atoms with Crippen molar-refractivity contribution in [2.75, 3.05) is 0 Å². The lowest BCUT2D eigenvalue weighted by Gasteiger charge is -2.35. The second-order valence-electron chi connectivity index (χ2n) is 0.802. The van der Waals surface area contributed by atoms with Crippen LogP contribution in [0.1, 0.15) is 0 Å². The molecule has 0 heterocycles. The summed E-state index contributed by atoms with van der Waals surface area (Å²) in [6.07, 6.45) is 0. The van der Waals surface area contributed by atoms with Crippen LogP contribution in [0.5, 0.6) is 0 Å². The molecular weight excluding hydrogens is 196 g/mol. The molecule has 10 nitrogen and oxygen atoms in total. The standard InChI is InChI=1S/BO3.3H3N.H3O4P/c2-1(3)4;;;;1-5(2,3)4/h;3*1H3;(H3,1,2,3,4)/q-3;;;;/p+3. The first-order valence-corrected chi connectivity index (χ1v) is 3.05. The molecule has 0 aromatic carbocycles. The molecule has 0 aromatic rings. The molecule has 0 saturated carbocycles. The normalized spacial score (nSPS) is 7.17. The molecule has 80 valence electrons. The lowest BCUT2D eigenvalue weighted by Crippen LogP contribution is -2.56. The summed E-state index contributed by atoms with van der Waals surface area (Å²) in [5.41, 5.74) is 0. The zero-order valence-corrected chi connectivity index (χ0v) is 7.89. The molecular formula is H15BN3O7P. The fourth-order valence-electron chi connectivity index (χ4n) is 0. The van der Waals surface area contributed by atoms with Gasteiger partial charge in [0.15, 0.2) is 0 Å². The summed E-state index contributed by atoms with van der Waals surface area (Å²) in [5, 5.41) is 25.2. The summed E-state index contributed by atoms with van der Waals surface area (Å²) in [6.45, 7) is 0. The molecule has 12 heavy (non-hydrogen) atoms. The van der Waals surface area contributed by atoms with Crippen molar-refractivity contribution in [2.24, 2.45) is 0 Å². The van der Waals surface area contributed by atoms with Crippen LogP contribution in [0.25, 0.3) is 0 Å².